The van der Waals surface area contributed by atoms with Gasteiger partial charge in [0.2, 0.25) is 15.9 Å². The fraction of sp³-hybridized carbons (Fsp3) is 0.417. The van der Waals surface area contributed by atoms with E-state index in [2.05, 4.69) is 13.8 Å². The number of hydrogen-bond acceptors (Lipinski definition) is 4. The monoisotopic (exact) mass is 474 g/mol. The van der Waals surface area contributed by atoms with Crippen molar-refractivity contribution >= 4 is 27.5 Å². The highest BCUT2D eigenvalue weighted by Gasteiger charge is 2.47. The van der Waals surface area contributed by atoms with Gasteiger partial charge in [0.25, 0.3) is 5.91 Å². The standard InChI is InChI=1S/C24H28FN3O4S/c1-3-17(2)18-4-10-21(11-5-18)33(31,32)27-14-12-26(13-15-27)22-16-23(29)28(24(22)30)20-8-6-19(25)7-9-20/h4-11,17,22H,3,12-16H2,1-2H3/p+1/t17-,22-/m1/s1. The number of hydrogen-bond donors (Lipinski definition) is 1. The normalized spacial score (nSPS) is 21.5. The van der Waals surface area contributed by atoms with Crippen molar-refractivity contribution in [3.05, 3.63) is 59.9 Å². The van der Waals surface area contributed by atoms with Crippen molar-refractivity contribution < 1.29 is 27.3 Å². The topological polar surface area (TPSA) is 79.2 Å². The summed E-state index contributed by atoms with van der Waals surface area (Å²) in [6.45, 7) is 5.63. The zero-order valence-electron chi connectivity index (χ0n) is 18.8. The number of carbonyl (C=O) groups is 2. The summed E-state index contributed by atoms with van der Waals surface area (Å²) in [5.41, 5.74) is 1.47. The van der Waals surface area contributed by atoms with E-state index in [9.17, 15) is 22.4 Å². The lowest BCUT2D eigenvalue weighted by atomic mass is 9.99. The Balaban J connectivity index is 1.42. The van der Waals surface area contributed by atoms with Crippen LogP contribution >= 0.6 is 0 Å². The molecule has 4 rings (SSSR count). The molecule has 0 saturated carbocycles. The minimum Gasteiger partial charge on any atom is -0.322 e. The third-order valence-corrected chi connectivity index (χ3v) is 8.70. The molecule has 33 heavy (non-hydrogen) atoms. The third kappa shape index (κ3) is 4.58. The third-order valence-electron chi connectivity index (χ3n) is 6.79. The fourth-order valence-electron chi connectivity index (χ4n) is 4.53. The van der Waals surface area contributed by atoms with Crippen LogP contribution in [0.25, 0.3) is 0 Å². The van der Waals surface area contributed by atoms with E-state index in [1.165, 1.54) is 28.6 Å². The fourth-order valence-corrected chi connectivity index (χ4v) is 5.97. The van der Waals surface area contributed by atoms with Gasteiger partial charge in [-0.3, -0.25) is 9.59 Å². The van der Waals surface area contributed by atoms with E-state index in [1.54, 1.807) is 12.1 Å². The molecule has 2 heterocycles. The predicted molar refractivity (Wildman–Crippen MR) is 122 cm³/mol. The molecule has 2 atom stereocenters. The van der Waals surface area contributed by atoms with Crippen LogP contribution in [0.15, 0.2) is 53.4 Å². The van der Waals surface area contributed by atoms with E-state index in [4.69, 9.17) is 0 Å². The number of nitrogens with one attached hydrogen (secondary N) is 1. The van der Waals surface area contributed by atoms with E-state index < -0.39 is 21.9 Å². The van der Waals surface area contributed by atoms with Gasteiger partial charge in [0.1, 0.15) is 5.82 Å². The number of benzene rings is 2. The summed E-state index contributed by atoms with van der Waals surface area (Å²) in [7, 11) is -3.62. The predicted octanol–water partition coefficient (Wildman–Crippen LogP) is 1.56. The molecule has 2 amide bonds. The van der Waals surface area contributed by atoms with Gasteiger partial charge in [-0.25, -0.2) is 17.7 Å². The molecule has 0 aromatic heterocycles. The van der Waals surface area contributed by atoms with Crippen LogP contribution < -0.4 is 9.80 Å². The van der Waals surface area contributed by atoms with Crippen molar-refractivity contribution in [1.82, 2.24) is 4.31 Å². The number of amides is 2. The average molecular weight is 475 g/mol. The first-order valence-corrected chi connectivity index (χ1v) is 12.7. The van der Waals surface area contributed by atoms with Crippen molar-refractivity contribution in [1.29, 1.82) is 0 Å². The first-order valence-electron chi connectivity index (χ1n) is 11.3. The molecule has 0 unspecified atom stereocenters. The number of nitrogens with zero attached hydrogens (tertiary/aromatic N) is 2. The number of anilines is 1. The van der Waals surface area contributed by atoms with Crippen LogP contribution in [0.3, 0.4) is 0 Å². The van der Waals surface area contributed by atoms with E-state index in [1.807, 2.05) is 12.1 Å². The second-order valence-electron chi connectivity index (χ2n) is 8.74. The highest BCUT2D eigenvalue weighted by atomic mass is 32.2. The smallest absolute Gasteiger partial charge is 0.292 e. The van der Waals surface area contributed by atoms with E-state index in [-0.39, 0.29) is 36.2 Å². The Morgan fingerprint density at radius 2 is 1.64 bits per heavy atom. The van der Waals surface area contributed by atoms with E-state index in [0.717, 1.165) is 21.8 Å². The summed E-state index contributed by atoms with van der Waals surface area (Å²) in [4.78, 5) is 27.8. The molecule has 0 spiro atoms. The molecule has 0 bridgehead atoms. The van der Waals surface area contributed by atoms with Crippen molar-refractivity contribution in [3.63, 3.8) is 0 Å². The molecule has 2 aromatic rings. The summed E-state index contributed by atoms with van der Waals surface area (Å²) < 4.78 is 40.9. The van der Waals surface area contributed by atoms with Crippen LogP contribution in [0.2, 0.25) is 0 Å². The van der Waals surface area contributed by atoms with Gasteiger partial charge in [-0.15, -0.1) is 0 Å². The zero-order chi connectivity index (χ0) is 23.8. The van der Waals surface area contributed by atoms with Crippen LogP contribution in [-0.2, 0) is 19.6 Å². The van der Waals surface area contributed by atoms with Crippen molar-refractivity contribution in [3.8, 4) is 0 Å². The Bertz CT molecular complexity index is 1130. The lowest BCUT2D eigenvalue weighted by molar-refractivity contribution is -0.918. The second kappa shape index (κ2) is 9.32. The summed E-state index contributed by atoms with van der Waals surface area (Å²) >= 11 is 0. The number of sulfonamides is 1. The van der Waals surface area contributed by atoms with Crippen molar-refractivity contribution in [2.24, 2.45) is 0 Å². The molecule has 2 saturated heterocycles. The van der Waals surface area contributed by atoms with Gasteiger partial charge >= 0.3 is 0 Å². The summed E-state index contributed by atoms with van der Waals surface area (Å²) in [6, 6.07) is 11.8. The Hall–Kier alpha value is -2.62. The number of imide groups is 1. The maximum absolute atomic E-state index is 13.2. The average Bonchev–Trinajstić information content (AvgIpc) is 3.13. The SMILES string of the molecule is CC[C@@H](C)c1ccc(S(=O)(=O)N2CC[NH+]([C@@H]3CC(=O)N(c4ccc(F)cc4)C3=O)CC2)cc1. The van der Waals surface area contributed by atoms with Crippen LogP contribution in [0.5, 0.6) is 0 Å². The quantitative estimate of drug-likeness (QED) is 0.645. The molecule has 0 aliphatic carbocycles. The summed E-state index contributed by atoms with van der Waals surface area (Å²) in [6.07, 6.45) is 1.05. The maximum atomic E-state index is 13.2. The molecule has 176 valence electrons. The number of quaternary nitrogens is 1. The van der Waals surface area contributed by atoms with Crippen LogP contribution in [0.4, 0.5) is 10.1 Å². The second-order valence-corrected chi connectivity index (χ2v) is 10.7. The Morgan fingerprint density at radius 3 is 2.21 bits per heavy atom. The van der Waals surface area contributed by atoms with Gasteiger partial charge in [-0.2, -0.15) is 4.31 Å². The lowest BCUT2D eigenvalue weighted by Crippen LogP contribution is -3.19. The minimum absolute atomic E-state index is 0.0648. The molecule has 2 aromatic carbocycles. The largest absolute Gasteiger partial charge is 0.322 e. The van der Waals surface area contributed by atoms with Crippen molar-refractivity contribution in [2.75, 3.05) is 31.1 Å². The minimum atomic E-state index is -3.62. The van der Waals surface area contributed by atoms with Gasteiger partial charge in [0.15, 0.2) is 6.04 Å². The maximum Gasteiger partial charge on any atom is 0.292 e. The number of carbonyl (C=O) groups excluding carboxylic acids is 2. The first kappa shape index (κ1) is 23.5. The molecule has 7 nitrogen and oxygen atoms in total. The lowest BCUT2D eigenvalue weighted by Gasteiger charge is -2.33. The highest BCUT2D eigenvalue weighted by molar-refractivity contribution is 7.89. The highest BCUT2D eigenvalue weighted by Crippen LogP contribution is 2.24. The molecule has 9 heteroatoms. The summed E-state index contributed by atoms with van der Waals surface area (Å²) in [5.74, 6) is -0.707. The number of rotatable bonds is 6. The van der Waals surface area contributed by atoms with Crippen LogP contribution in [0.1, 0.15) is 38.2 Å². The van der Waals surface area contributed by atoms with Gasteiger partial charge in [-0.05, 0) is 54.3 Å². The Kier molecular flexibility index (Phi) is 6.65. The van der Waals surface area contributed by atoms with Gasteiger partial charge < -0.3 is 4.90 Å². The van der Waals surface area contributed by atoms with Gasteiger partial charge in [0, 0.05) is 0 Å². The zero-order valence-corrected chi connectivity index (χ0v) is 19.6. The van der Waals surface area contributed by atoms with E-state index >= 15 is 0 Å². The Morgan fingerprint density at radius 1 is 1.03 bits per heavy atom. The Labute approximate surface area is 193 Å². The molecule has 2 fully saturated rings. The molecule has 2 aliphatic heterocycles. The number of piperazine rings is 1. The molecular formula is C24H29FN3O4S+. The summed E-state index contributed by atoms with van der Waals surface area (Å²) in [5, 5.41) is 0. The van der Waals surface area contributed by atoms with E-state index in [0.29, 0.717) is 24.7 Å². The molecule has 2 aliphatic rings. The molecule has 1 N–H and O–H groups in total. The van der Waals surface area contributed by atoms with Crippen LogP contribution in [-0.4, -0.2) is 56.8 Å². The first-order chi connectivity index (χ1) is 15.7. The number of halogens is 1. The van der Waals surface area contributed by atoms with Crippen LogP contribution in [0, 0.1) is 5.82 Å². The van der Waals surface area contributed by atoms with Crippen molar-refractivity contribution in [2.45, 2.75) is 43.5 Å². The van der Waals surface area contributed by atoms with Gasteiger partial charge in [0.05, 0.1) is 43.2 Å². The molecule has 0 radical (unpaired) electrons. The van der Waals surface area contributed by atoms with Gasteiger partial charge in [-0.1, -0.05) is 26.0 Å². The molecular weight excluding hydrogens is 445 g/mol.